The molecule has 18 heavy (non-hydrogen) atoms. The van der Waals surface area contributed by atoms with Crippen LogP contribution in [0, 0.1) is 5.92 Å². The number of ketones is 1. The average molecular weight is 244 g/mol. The third kappa shape index (κ3) is 2.62. The van der Waals surface area contributed by atoms with Gasteiger partial charge in [-0.15, -0.1) is 5.10 Å². The first-order valence-electron chi connectivity index (χ1n) is 5.91. The molecule has 1 unspecified atom stereocenters. The fraction of sp³-hybridized carbons (Fsp3) is 0.308. The van der Waals surface area contributed by atoms with E-state index in [0.29, 0.717) is 18.7 Å². The minimum Gasteiger partial charge on any atom is -0.330 e. The van der Waals surface area contributed by atoms with Crippen LogP contribution in [0.25, 0.3) is 5.69 Å². The SMILES string of the molecule is CC(CN)CC(=O)c1cnnn1-c1ccccc1. The summed E-state index contributed by atoms with van der Waals surface area (Å²) in [5.74, 6) is 0.179. The van der Waals surface area contributed by atoms with Crippen LogP contribution in [0.5, 0.6) is 0 Å². The van der Waals surface area contributed by atoms with Gasteiger partial charge in [0.2, 0.25) is 0 Å². The zero-order chi connectivity index (χ0) is 13.0. The van der Waals surface area contributed by atoms with E-state index in [9.17, 15) is 4.79 Å². The summed E-state index contributed by atoms with van der Waals surface area (Å²) >= 11 is 0. The Morgan fingerprint density at radius 1 is 1.39 bits per heavy atom. The minimum atomic E-state index is 0.0156. The molecule has 1 aromatic heterocycles. The lowest BCUT2D eigenvalue weighted by Gasteiger charge is -2.08. The Morgan fingerprint density at radius 2 is 2.11 bits per heavy atom. The van der Waals surface area contributed by atoms with Gasteiger partial charge in [0.05, 0.1) is 11.9 Å². The number of hydrogen-bond acceptors (Lipinski definition) is 4. The van der Waals surface area contributed by atoms with E-state index in [1.165, 1.54) is 6.20 Å². The van der Waals surface area contributed by atoms with Gasteiger partial charge in [0.25, 0.3) is 0 Å². The van der Waals surface area contributed by atoms with Gasteiger partial charge in [-0.05, 0) is 24.6 Å². The quantitative estimate of drug-likeness (QED) is 0.807. The zero-order valence-corrected chi connectivity index (χ0v) is 10.3. The fourth-order valence-corrected chi connectivity index (χ4v) is 1.69. The molecule has 0 aliphatic rings. The van der Waals surface area contributed by atoms with Crippen molar-refractivity contribution in [3.8, 4) is 5.69 Å². The summed E-state index contributed by atoms with van der Waals surface area (Å²) in [4.78, 5) is 12.1. The summed E-state index contributed by atoms with van der Waals surface area (Å²) in [6.45, 7) is 2.45. The number of nitrogens with two attached hydrogens (primary N) is 1. The highest BCUT2D eigenvalue weighted by molar-refractivity contribution is 5.94. The van der Waals surface area contributed by atoms with Gasteiger partial charge in [0.1, 0.15) is 5.69 Å². The van der Waals surface area contributed by atoms with Crippen LogP contribution >= 0.6 is 0 Å². The van der Waals surface area contributed by atoms with E-state index in [0.717, 1.165) is 5.69 Å². The second-order valence-corrected chi connectivity index (χ2v) is 4.33. The van der Waals surface area contributed by atoms with E-state index < -0.39 is 0 Å². The molecule has 0 saturated carbocycles. The number of Topliss-reactive ketones (excluding diaryl/α,β-unsaturated/α-hetero) is 1. The third-order valence-electron chi connectivity index (χ3n) is 2.77. The van der Waals surface area contributed by atoms with Crippen molar-refractivity contribution in [1.82, 2.24) is 15.0 Å². The molecule has 1 aromatic carbocycles. The first kappa shape index (κ1) is 12.4. The Kier molecular flexibility index (Phi) is 3.84. The van der Waals surface area contributed by atoms with E-state index in [1.54, 1.807) is 4.68 Å². The first-order chi connectivity index (χ1) is 8.72. The van der Waals surface area contributed by atoms with Crippen LogP contribution in [0.4, 0.5) is 0 Å². The Hall–Kier alpha value is -2.01. The summed E-state index contributed by atoms with van der Waals surface area (Å²) in [6.07, 6.45) is 1.91. The van der Waals surface area contributed by atoms with Crippen molar-refractivity contribution >= 4 is 5.78 Å². The molecule has 0 aliphatic carbocycles. The topological polar surface area (TPSA) is 73.8 Å². The fourth-order valence-electron chi connectivity index (χ4n) is 1.69. The van der Waals surface area contributed by atoms with Crippen LogP contribution in [0.3, 0.4) is 0 Å². The summed E-state index contributed by atoms with van der Waals surface area (Å²) in [6, 6.07) is 9.48. The Labute approximate surface area is 106 Å². The molecule has 2 rings (SSSR count). The Morgan fingerprint density at radius 3 is 2.78 bits per heavy atom. The van der Waals surface area contributed by atoms with Crippen LogP contribution < -0.4 is 5.73 Å². The number of rotatable bonds is 5. The summed E-state index contributed by atoms with van der Waals surface area (Å²) in [5.41, 5.74) is 6.87. The predicted octanol–water partition coefficient (Wildman–Crippen LogP) is 1.43. The number of nitrogens with zero attached hydrogens (tertiary/aromatic N) is 3. The minimum absolute atomic E-state index is 0.0156. The molecule has 1 heterocycles. The van der Waals surface area contributed by atoms with E-state index in [1.807, 2.05) is 37.3 Å². The lowest BCUT2D eigenvalue weighted by atomic mass is 10.0. The van der Waals surface area contributed by atoms with E-state index in [4.69, 9.17) is 5.73 Å². The van der Waals surface area contributed by atoms with Crippen LogP contribution in [-0.4, -0.2) is 27.3 Å². The van der Waals surface area contributed by atoms with Crippen LogP contribution in [-0.2, 0) is 0 Å². The molecule has 0 saturated heterocycles. The molecule has 94 valence electrons. The Bertz CT molecular complexity index is 521. The largest absolute Gasteiger partial charge is 0.330 e. The molecule has 0 radical (unpaired) electrons. The molecular weight excluding hydrogens is 228 g/mol. The number of para-hydroxylation sites is 1. The lowest BCUT2D eigenvalue weighted by Crippen LogP contribution is -2.17. The molecule has 0 amide bonds. The van der Waals surface area contributed by atoms with Gasteiger partial charge in [0.15, 0.2) is 5.78 Å². The molecule has 2 aromatic rings. The van der Waals surface area contributed by atoms with Crippen molar-refractivity contribution < 1.29 is 4.79 Å². The van der Waals surface area contributed by atoms with Crippen LogP contribution in [0.2, 0.25) is 0 Å². The van der Waals surface area contributed by atoms with Gasteiger partial charge in [-0.1, -0.05) is 30.3 Å². The molecule has 5 heteroatoms. The van der Waals surface area contributed by atoms with Gasteiger partial charge in [-0.2, -0.15) is 0 Å². The number of carbonyl (C=O) groups is 1. The third-order valence-corrected chi connectivity index (χ3v) is 2.77. The number of aromatic nitrogens is 3. The van der Waals surface area contributed by atoms with E-state index in [-0.39, 0.29) is 11.7 Å². The van der Waals surface area contributed by atoms with Crippen molar-refractivity contribution in [3.05, 3.63) is 42.2 Å². The van der Waals surface area contributed by atoms with Crippen LogP contribution in [0.1, 0.15) is 23.8 Å². The zero-order valence-electron chi connectivity index (χ0n) is 10.3. The molecule has 0 aliphatic heterocycles. The van der Waals surface area contributed by atoms with Gasteiger partial charge in [-0.25, -0.2) is 4.68 Å². The molecule has 1 atom stereocenters. The molecule has 0 bridgehead atoms. The van der Waals surface area contributed by atoms with Gasteiger partial charge < -0.3 is 5.73 Å². The number of benzene rings is 1. The van der Waals surface area contributed by atoms with E-state index in [2.05, 4.69) is 10.3 Å². The predicted molar refractivity (Wildman–Crippen MR) is 68.5 cm³/mol. The molecule has 2 N–H and O–H groups in total. The second-order valence-electron chi connectivity index (χ2n) is 4.33. The van der Waals surface area contributed by atoms with Gasteiger partial charge in [0, 0.05) is 6.42 Å². The van der Waals surface area contributed by atoms with Crippen molar-refractivity contribution in [2.24, 2.45) is 11.7 Å². The monoisotopic (exact) mass is 244 g/mol. The normalized spacial score (nSPS) is 12.3. The van der Waals surface area contributed by atoms with Crippen molar-refractivity contribution in [2.75, 3.05) is 6.54 Å². The highest BCUT2D eigenvalue weighted by atomic mass is 16.1. The van der Waals surface area contributed by atoms with Gasteiger partial charge >= 0.3 is 0 Å². The maximum Gasteiger partial charge on any atom is 0.183 e. The summed E-state index contributed by atoms with van der Waals surface area (Å²) in [7, 11) is 0. The smallest absolute Gasteiger partial charge is 0.183 e. The van der Waals surface area contributed by atoms with Crippen molar-refractivity contribution in [1.29, 1.82) is 0 Å². The summed E-state index contributed by atoms with van der Waals surface area (Å²) in [5, 5.41) is 7.77. The van der Waals surface area contributed by atoms with Crippen molar-refractivity contribution in [2.45, 2.75) is 13.3 Å². The molecule has 0 fully saturated rings. The average Bonchev–Trinajstić information content (AvgIpc) is 2.88. The second kappa shape index (κ2) is 5.55. The van der Waals surface area contributed by atoms with E-state index >= 15 is 0 Å². The summed E-state index contributed by atoms with van der Waals surface area (Å²) < 4.78 is 1.56. The number of hydrogen-bond donors (Lipinski definition) is 1. The number of carbonyl (C=O) groups excluding carboxylic acids is 1. The highest BCUT2D eigenvalue weighted by Gasteiger charge is 2.16. The maximum atomic E-state index is 12.1. The standard InChI is InChI=1S/C13H16N4O/c1-10(8-14)7-13(18)12-9-15-16-17(12)11-5-3-2-4-6-11/h2-6,9-10H,7-8,14H2,1H3. The van der Waals surface area contributed by atoms with Crippen LogP contribution in [0.15, 0.2) is 36.5 Å². The highest BCUT2D eigenvalue weighted by Crippen LogP contribution is 2.12. The molecule has 0 spiro atoms. The van der Waals surface area contributed by atoms with Gasteiger partial charge in [-0.3, -0.25) is 4.79 Å². The molecule has 5 nitrogen and oxygen atoms in total. The maximum absolute atomic E-state index is 12.1. The first-order valence-corrected chi connectivity index (χ1v) is 5.91. The Balaban J connectivity index is 2.26. The van der Waals surface area contributed by atoms with Crippen molar-refractivity contribution in [3.63, 3.8) is 0 Å². The lowest BCUT2D eigenvalue weighted by molar-refractivity contribution is 0.0958. The molecular formula is C13H16N4O.